The van der Waals surface area contributed by atoms with Crippen LogP contribution in [0.2, 0.25) is 0 Å². The highest BCUT2D eigenvalue weighted by Gasteiger charge is 2.68. The van der Waals surface area contributed by atoms with Gasteiger partial charge in [0.15, 0.2) is 0 Å². The first kappa shape index (κ1) is 14.0. The number of carbonyl (C=O) groups is 2. The average Bonchev–Trinajstić information content (AvgIpc) is 2.57. The third-order valence-corrected chi connectivity index (χ3v) is 4.28. The zero-order valence-electron chi connectivity index (χ0n) is 11.6. The summed E-state index contributed by atoms with van der Waals surface area (Å²) in [6, 6.07) is -0.574. The fraction of sp³-hybridized carbons (Fsp3) is 0.846. The summed E-state index contributed by atoms with van der Waals surface area (Å²) in [5.74, 6) is -0.468. The van der Waals surface area contributed by atoms with E-state index in [-0.39, 0.29) is 28.6 Å². The van der Waals surface area contributed by atoms with Gasteiger partial charge in [0, 0.05) is 5.92 Å². The standard InChI is InChI=1S/C13H23NO3/c1-7-17-11(16)8(2)14-10(15)9-12(3,4)13(9,5)6/h8-9H,7H2,1-6H3,(H,14,15). The van der Waals surface area contributed by atoms with Gasteiger partial charge in [0.25, 0.3) is 0 Å². The minimum Gasteiger partial charge on any atom is -0.464 e. The molecule has 0 aromatic heterocycles. The van der Waals surface area contributed by atoms with Crippen molar-refractivity contribution in [1.82, 2.24) is 5.32 Å². The van der Waals surface area contributed by atoms with Gasteiger partial charge < -0.3 is 10.1 Å². The summed E-state index contributed by atoms with van der Waals surface area (Å²) < 4.78 is 4.85. The molecule has 0 aliphatic heterocycles. The van der Waals surface area contributed by atoms with E-state index in [1.54, 1.807) is 13.8 Å². The van der Waals surface area contributed by atoms with Crippen molar-refractivity contribution in [2.75, 3.05) is 6.61 Å². The highest BCUT2D eigenvalue weighted by Crippen LogP contribution is 2.68. The molecule has 1 atom stereocenters. The van der Waals surface area contributed by atoms with Crippen LogP contribution >= 0.6 is 0 Å². The normalized spacial score (nSPS) is 22.7. The Kier molecular flexibility index (Phi) is 3.55. The summed E-state index contributed by atoms with van der Waals surface area (Å²) in [4.78, 5) is 23.4. The first-order chi connectivity index (χ1) is 7.66. The van der Waals surface area contributed by atoms with Crippen molar-refractivity contribution < 1.29 is 14.3 Å². The van der Waals surface area contributed by atoms with Crippen LogP contribution < -0.4 is 5.32 Å². The van der Waals surface area contributed by atoms with Crippen molar-refractivity contribution >= 4 is 11.9 Å². The van der Waals surface area contributed by atoms with Gasteiger partial charge in [-0.25, -0.2) is 4.79 Å². The summed E-state index contributed by atoms with van der Waals surface area (Å²) in [6.45, 7) is 12.0. The van der Waals surface area contributed by atoms with Crippen molar-refractivity contribution in [3.8, 4) is 0 Å². The van der Waals surface area contributed by atoms with Crippen LogP contribution in [0.4, 0.5) is 0 Å². The maximum absolute atomic E-state index is 12.0. The van der Waals surface area contributed by atoms with Crippen LogP contribution in [0.25, 0.3) is 0 Å². The minimum absolute atomic E-state index is 0.00847. The number of esters is 1. The molecule has 0 saturated heterocycles. The van der Waals surface area contributed by atoms with Crippen LogP contribution in [0.15, 0.2) is 0 Å². The Morgan fingerprint density at radius 2 is 1.71 bits per heavy atom. The summed E-state index contributed by atoms with van der Waals surface area (Å²) in [6.07, 6.45) is 0. The van der Waals surface area contributed by atoms with E-state index in [1.165, 1.54) is 0 Å². The van der Waals surface area contributed by atoms with E-state index in [2.05, 4.69) is 33.0 Å². The summed E-state index contributed by atoms with van der Waals surface area (Å²) in [7, 11) is 0. The van der Waals surface area contributed by atoms with Crippen LogP contribution in [-0.2, 0) is 14.3 Å². The molecule has 1 fully saturated rings. The summed E-state index contributed by atoms with van der Waals surface area (Å²) >= 11 is 0. The lowest BCUT2D eigenvalue weighted by Crippen LogP contribution is -2.41. The smallest absolute Gasteiger partial charge is 0.328 e. The van der Waals surface area contributed by atoms with Gasteiger partial charge in [-0.15, -0.1) is 0 Å². The predicted molar refractivity (Wildman–Crippen MR) is 65.3 cm³/mol. The SMILES string of the molecule is CCOC(=O)C(C)NC(=O)C1C(C)(C)C1(C)C. The van der Waals surface area contributed by atoms with E-state index >= 15 is 0 Å². The van der Waals surface area contributed by atoms with E-state index in [0.29, 0.717) is 6.61 Å². The monoisotopic (exact) mass is 241 g/mol. The van der Waals surface area contributed by atoms with Gasteiger partial charge in [-0.2, -0.15) is 0 Å². The third-order valence-electron chi connectivity index (χ3n) is 4.28. The van der Waals surface area contributed by atoms with E-state index in [1.807, 2.05) is 0 Å². The fourth-order valence-corrected chi connectivity index (χ4v) is 2.47. The molecule has 4 nitrogen and oxygen atoms in total. The molecule has 0 aromatic carbocycles. The van der Waals surface area contributed by atoms with Crippen LogP contribution in [0, 0.1) is 16.7 Å². The molecule has 17 heavy (non-hydrogen) atoms. The molecule has 0 aromatic rings. The summed E-state index contributed by atoms with van der Waals surface area (Å²) in [5.41, 5.74) is -0.0169. The van der Waals surface area contributed by atoms with E-state index in [4.69, 9.17) is 4.74 Å². The molecule has 1 aliphatic rings. The predicted octanol–water partition coefficient (Wildman–Crippen LogP) is 1.74. The molecule has 1 N–H and O–H groups in total. The molecule has 98 valence electrons. The largest absolute Gasteiger partial charge is 0.464 e. The number of ether oxygens (including phenoxy) is 1. The van der Waals surface area contributed by atoms with Crippen molar-refractivity contribution in [2.45, 2.75) is 47.6 Å². The van der Waals surface area contributed by atoms with Crippen LogP contribution in [0.3, 0.4) is 0 Å². The molecular formula is C13H23NO3. The van der Waals surface area contributed by atoms with Crippen molar-refractivity contribution in [3.63, 3.8) is 0 Å². The van der Waals surface area contributed by atoms with Crippen LogP contribution in [-0.4, -0.2) is 24.5 Å². The maximum atomic E-state index is 12.0. The molecule has 1 amide bonds. The third kappa shape index (κ3) is 2.31. The molecular weight excluding hydrogens is 218 g/mol. The van der Waals surface area contributed by atoms with E-state index in [9.17, 15) is 9.59 Å². The topological polar surface area (TPSA) is 55.4 Å². The number of nitrogens with one attached hydrogen (secondary N) is 1. The Morgan fingerprint density at radius 3 is 2.06 bits per heavy atom. The lowest BCUT2D eigenvalue weighted by Gasteiger charge is -2.13. The van der Waals surface area contributed by atoms with Crippen LogP contribution in [0.1, 0.15) is 41.5 Å². The minimum atomic E-state index is -0.574. The maximum Gasteiger partial charge on any atom is 0.328 e. The number of hydrogen-bond acceptors (Lipinski definition) is 3. The number of rotatable bonds is 4. The van der Waals surface area contributed by atoms with Gasteiger partial charge in [-0.1, -0.05) is 27.7 Å². The van der Waals surface area contributed by atoms with Gasteiger partial charge in [0.2, 0.25) is 5.91 Å². The van der Waals surface area contributed by atoms with Gasteiger partial charge in [-0.05, 0) is 24.7 Å². The van der Waals surface area contributed by atoms with E-state index in [0.717, 1.165) is 0 Å². The van der Waals surface area contributed by atoms with E-state index < -0.39 is 6.04 Å². The van der Waals surface area contributed by atoms with Gasteiger partial charge in [0.05, 0.1) is 6.61 Å². The van der Waals surface area contributed by atoms with Crippen LogP contribution in [0.5, 0.6) is 0 Å². The molecule has 0 spiro atoms. The Morgan fingerprint density at radius 1 is 1.24 bits per heavy atom. The zero-order chi connectivity index (χ0) is 13.4. The first-order valence-electron chi connectivity index (χ1n) is 6.13. The second-order valence-corrected chi connectivity index (χ2v) is 5.86. The Labute approximate surface area is 103 Å². The second-order valence-electron chi connectivity index (χ2n) is 5.86. The lowest BCUT2D eigenvalue weighted by molar-refractivity contribution is -0.147. The molecule has 1 saturated carbocycles. The number of amides is 1. The lowest BCUT2D eigenvalue weighted by atomic mass is 10.0. The summed E-state index contributed by atoms with van der Waals surface area (Å²) in [5, 5.41) is 2.72. The van der Waals surface area contributed by atoms with Crippen molar-refractivity contribution in [2.24, 2.45) is 16.7 Å². The zero-order valence-corrected chi connectivity index (χ0v) is 11.6. The molecule has 4 heteroatoms. The highest BCUT2D eigenvalue weighted by molar-refractivity contribution is 5.88. The van der Waals surface area contributed by atoms with Gasteiger partial charge >= 0.3 is 5.97 Å². The Hall–Kier alpha value is -1.06. The average molecular weight is 241 g/mol. The Balaban J connectivity index is 2.55. The fourth-order valence-electron chi connectivity index (χ4n) is 2.47. The molecule has 1 aliphatic carbocycles. The number of carbonyl (C=O) groups excluding carboxylic acids is 2. The van der Waals surface area contributed by atoms with Gasteiger partial charge in [0.1, 0.15) is 6.04 Å². The Bertz CT molecular complexity index is 320. The first-order valence-corrected chi connectivity index (χ1v) is 6.13. The molecule has 1 rings (SSSR count). The quantitative estimate of drug-likeness (QED) is 0.763. The van der Waals surface area contributed by atoms with Gasteiger partial charge in [-0.3, -0.25) is 4.79 Å². The molecule has 0 radical (unpaired) electrons. The molecule has 1 unspecified atom stereocenters. The number of hydrogen-bond donors (Lipinski definition) is 1. The molecule has 0 heterocycles. The van der Waals surface area contributed by atoms with Crippen molar-refractivity contribution in [1.29, 1.82) is 0 Å². The highest BCUT2D eigenvalue weighted by atomic mass is 16.5. The molecule has 0 bridgehead atoms. The second kappa shape index (κ2) is 4.31. The van der Waals surface area contributed by atoms with Crippen molar-refractivity contribution in [3.05, 3.63) is 0 Å².